The van der Waals surface area contributed by atoms with Gasteiger partial charge in [0.1, 0.15) is 0 Å². The van der Waals surface area contributed by atoms with E-state index in [1.165, 1.54) is 23.3 Å². The van der Waals surface area contributed by atoms with Crippen molar-refractivity contribution < 1.29 is 18.3 Å². The van der Waals surface area contributed by atoms with Gasteiger partial charge in [0.25, 0.3) is 0 Å². The first-order valence-electron chi connectivity index (χ1n) is 8.55. The van der Waals surface area contributed by atoms with Crippen molar-refractivity contribution in [2.75, 3.05) is 13.1 Å². The fraction of sp³-hybridized carbons (Fsp3) is 0.400. The molecule has 0 saturated carbocycles. The third-order valence-electron chi connectivity index (χ3n) is 5.15. The van der Waals surface area contributed by atoms with Crippen LogP contribution in [0.1, 0.15) is 35.1 Å². The second-order valence-corrected chi connectivity index (χ2v) is 7.33. The summed E-state index contributed by atoms with van der Waals surface area (Å²) in [6.07, 6.45) is -3.76. The molecule has 1 aliphatic rings. The molecule has 0 atom stereocenters. The molecule has 0 bridgehead atoms. The van der Waals surface area contributed by atoms with E-state index in [1.54, 1.807) is 0 Å². The summed E-state index contributed by atoms with van der Waals surface area (Å²) in [4.78, 5) is 2.22. The smallest absolute Gasteiger partial charge is 0.385 e. The Bertz CT molecular complexity index is 783. The van der Waals surface area contributed by atoms with Crippen LogP contribution >= 0.6 is 11.6 Å². The minimum atomic E-state index is -4.53. The Labute approximate surface area is 156 Å². The fourth-order valence-corrected chi connectivity index (χ4v) is 3.65. The highest BCUT2D eigenvalue weighted by atomic mass is 35.5. The van der Waals surface area contributed by atoms with Gasteiger partial charge >= 0.3 is 6.18 Å². The van der Waals surface area contributed by atoms with E-state index in [1.807, 2.05) is 12.1 Å². The van der Waals surface area contributed by atoms with E-state index in [0.717, 1.165) is 12.6 Å². The van der Waals surface area contributed by atoms with Gasteiger partial charge in [0.15, 0.2) is 0 Å². The lowest BCUT2D eigenvalue weighted by atomic mass is 9.83. The van der Waals surface area contributed by atoms with Gasteiger partial charge in [-0.2, -0.15) is 13.2 Å². The molecule has 1 N–H and O–H groups in total. The zero-order chi connectivity index (χ0) is 18.9. The molecule has 1 aliphatic heterocycles. The van der Waals surface area contributed by atoms with Crippen LogP contribution in [0, 0.1) is 6.92 Å². The monoisotopic (exact) mass is 383 g/mol. The predicted molar refractivity (Wildman–Crippen MR) is 96.0 cm³/mol. The summed E-state index contributed by atoms with van der Waals surface area (Å²) in [5, 5.41) is 10.6. The second kappa shape index (κ2) is 7.22. The third-order valence-corrected chi connectivity index (χ3v) is 5.48. The summed E-state index contributed by atoms with van der Waals surface area (Å²) in [6, 6.07) is 11.8. The molecule has 6 heteroatoms. The van der Waals surface area contributed by atoms with E-state index >= 15 is 0 Å². The minimum Gasteiger partial charge on any atom is -0.385 e. The maximum Gasteiger partial charge on any atom is 0.417 e. The van der Waals surface area contributed by atoms with Gasteiger partial charge in [-0.25, -0.2) is 0 Å². The molecule has 0 unspecified atom stereocenters. The third kappa shape index (κ3) is 4.05. The highest BCUT2D eigenvalue weighted by molar-refractivity contribution is 6.31. The lowest BCUT2D eigenvalue weighted by Crippen LogP contribution is -2.42. The quantitative estimate of drug-likeness (QED) is 0.792. The molecule has 0 amide bonds. The lowest BCUT2D eigenvalue weighted by molar-refractivity contribution is -0.137. The van der Waals surface area contributed by atoms with Crippen molar-refractivity contribution in [1.29, 1.82) is 0 Å². The van der Waals surface area contributed by atoms with E-state index in [2.05, 4.69) is 24.0 Å². The molecule has 1 saturated heterocycles. The summed E-state index contributed by atoms with van der Waals surface area (Å²) in [6.45, 7) is 4.07. The zero-order valence-corrected chi connectivity index (χ0v) is 15.2. The molecule has 0 aliphatic carbocycles. The summed E-state index contributed by atoms with van der Waals surface area (Å²) >= 11 is 5.68. The van der Waals surface area contributed by atoms with Crippen LogP contribution in [0.15, 0.2) is 42.5 Å². The molecular formula is C20H21ClF3NO. The maximum atomic E-state index is 13.1. The van der Waals surface area contributed by atoms with Gasteiger partial charge in [0, 0.05) is 19.6 Å². The number of hydrogen-bond acceptors (Lipinski definition) is 2. The number of rotatable bonds is 3. The van der Waals surface area contributed by atoms with Gasteiger partial charge in [-0.05, 0) is 48.6 Å². The molecule has 1 heterocycles. The number of piperidine rings is 1. The van der Waals surface area contributed by atoms with E-state index in [-0.39, 0.29) is 10.6 Å². The largest absolute Gasteiger partial charge is 0.417 e. The van der Waals surface area contributed by atoms with Crippen LogP contribution in [0.25, 0.3) is 0 Å². The van der Waals surface area contributed by atoms with Crippen LogP contribution in [0.3, 0.4) is 0 Å². The van der Waals surface area contributed by atoms with Gasteiger partial charge in [-0.15, -0.1) is 0 Å². The van der Waals surface area contributed by atoms with Crippen molar-refractivity contribution in [2.24, 2.45) is 0 Å². The second-order valence-electron chi connectivity index (χ2n) is 6.93. The van der Waals surface area contributed by atoms with E-state index in [0.29, 0.717) is 25.9 Å². The highest BCUT2D eigenvalue weighted by Crippen LogP contribution is 2.40. The Hall–Kier alpha value is -1.56. The molecule has 1 fully saturated rings. The molecule has 0 aromatic heterocycles. The molecule has 2 aromatic rings. The molecule has 3 rings (SSSR count). The minimum absolute atomic E-state index is 0.282. The van der Waals surface area contributed by atoms with Crippen LogP contribution < -0.4 is 0 Å². The fourth-order valence-electron chi connectivity index (χ4n) is 3.43. The normalized spacial score (nSPS) is 18.1. The lowest BCUT2D eigenvalue weighted by Gasteiger charge is -2.39. The van der Waals surface area contributed by atoms with Gasteiger partial charge in [0.2, 0.25) is 0 Å². The Morgan fingerprint density at radius 3 is 2.38 bits per heavy atom. The van der Waals surface area contributed by atoms with Gasteiger partial charge in [-0.3, -0.25) is 4.90 Å². The Kier molecular flexibility index (Phi) is 5.33. The summed E-state index contributed by atoms with van der Waals surface area (Å²) in [7, 11) is 0. The van der Waals surface area contributed by atoms with Gasteiger partial charge < -0.3 is 5.11 Å². The SMILES string of the molecule is Cc1ccccc1CN1CCC(O)(c2ccc(Cl)c(C(F)(F)F)c2)CC1. The number of halogens is 4. The van der Waals surface area contributed by atoms with Crippen LogP contribution in [0.5, 0.6) is 0 Å². The summed E-state index contributed by atoms with van der Waals surface area (Å²) in [5.41, 5.74) is 0.564. The number of nitrogens with zero attached hydrogens (tertiary/aromatic N) is 1. The molecule has 26 heavy (non-hydrogen) atoms. The maximum absolute atomic E-state index is 13.1. The molecular weight excluding hydrogens is 363 g/mol. The average Bonchev–Trinajstić information content (AvgIpc) is 2.58. The van der Waals surface area contributed by atoms with E-state index < -0.39 is 17.3 Å². The van der Waals surface area contributed by atoms with Crippen molar-refractivity contribution >= 4 is 11.6 Å². The number of aliphatic hydroxyl groups is 1. The number of benzene rings is 2. The molecule has 0 spiro atoms. The topological polar surface area (TPSA) is 23.5 Å². The van der Waals surface area contributed by atoms with Gasteiger partial charge in [0.05, 0.1) is 16.2 Å². The average molecular weight is 384 g/mol. The molecule has 0 radical (unpaired) electrons. The number of hydrogen-bond donors (Lipinski definition) is 1. The van der Waals surface area contributed by atoms with Crippen LogP contribution in [-0.2, 0) is 18.3 Å². The van der Waals surface area contributed by atoms with Crippen molar-refractivity contribution in [3.8, 4) is 0 Å². The first-order chi connectivity index (χ1) is 12.2. The first kappa shape index (κ1) is 19.2. The molecule has 2 nitrogen and oxygen atoms in total. The standard InChI is InChI=1S/C20H21ClF3NO/c1-14-4-2-3-5-15(14)13-25-10-8-19(26,9-11-25)16-6-7-18(21)17(12-16)20(22,23)24/h2-7,12,26H,8-11,13H2,1H3. The van der Waals surface area contributed by atoms with E-state index in [4.69, 9.17) is 11.6 Å². The highest BCUT2D eigenvalue weighted by Gasteiger charge is 2.38. The molecule has 2 aromatic carbocycles. The van der Waals surface area contributed by atoms with Gasteiger partial charge in [-0.1, -0.05) is 41.9 Å². The predicted octanol–water partition coefficient (Wildman–Crippen LogP) is 5.15. The Morgan fingerprint density at radius 1 is 1.12 bits per heavy atom. The Morgan fingerprint density at radius 2 is 1.77 bits per heavy atom. The van der Waals surface area contributed by atoms with Crippen molar-refractivity contribution in [3.63, 3.8) is 0 Å². The number of aryl methyl sites for hydroxylation is 1. The van der Waals surface area contributed by atoms with E-state index in [9.17, 15) is 18.3 Å². The first-order valence-corrected chi connectivity index (χ1v) is 8.93. The number of likely N-dealkylation sites (tertiary alicyclic amines) is 1. The van der Waals surface area contributed by atoms with Crippen molar-refractivity contribution in [3.05, 3.63) is 69.7 Å². The Balaban J connectivity index is 1.73. The van der Waals surface area contributed by atoms with Crippen LogP contribution in [-0.4, -0.2) is 23.1 Å². The number of alkyl halides is 3. The summed E-state index contributed by atoms with van der Waals surface area (Å²) < 4.78 is 39.3. The summed E-state index contributed by atoms with van der Waals surface area (Å²) in [5.74, 6) is 0. The van der Waals surface area contributed by atoms with Crippen LogP contribution in [0.2, 0.25) is 5.02 Å². The zero-order valence-electron chi connectivity index (χ0n) is 14.5. The van der Waals surface area contributed by atoms with Crippen molar-refractivity contribution in [2.45, 2.75) is 38.1 Å². The van der Waals surface area contributed by atoms with Crippen LogP contribution in [0.4, 0.5) is 13.2 Å². The van der Waals surface area contributed by atoms with Crippen molar-refractivity contribution in [1.82, 2.24) is 4.90 Å². The molecule has 140 valence electrons.